The predicted molar refractivity (Wildman–Crippen MR) is 231 cm³/mol. The number of nitrogens with one attached hydrogen (secondary N) is 2. The van der Waals surface area contributed by atoms with Crippen LogP contribution in [0, 0.1) is 23.7 Å². The Morgan fingerprint density at radius 1 is 0.930 bits per heavy atom. The second-order valence-electron chi connectivity index (χ2n) is 19.5. The minimum atomic E-state index is -2.28. The van der Waals surface area contributed by atoms with E-state index in [-0.39, 0.29) is 65.9 Å². The van der Waals surface area contributed by atoms with Crippen LogP contribution in [0.1, 0.15) is 153 Å². The molecule has 57 heavy (non-hydrogen) atoms. The molecule has 3 rings (SSSR count). The van der Waals surface area contributed by atoms with Gasteiger partial charge in [0.1, 0.15) is 0 Å². The number of ketones is 1. The van der Waals surface area contributed by atoms with Crippen LogP contribution < -0.4 is 10.6 Å². The quantitative estimate of drug-likeness (QED) is 0.0481. The lowest BCUT2D eigenvalue weighted by Crippen LogP contribution is -2.52. The van der Waals surface area contributed by atoms with Gasteiger partial charge in [-0.05, 0) is 126 Å². The third kappa shape index (κ3) is 15.9. The molecule has 11 heteroatoms. The summed E-state index contributed by atoms with van der Waals surface area (Å²) in [6.45, 7) is 25.8. The monoisotopic (exact) mass is 819 g/mol. The Hall–Kier alpha value is -1.89. The summed E-state index contributed by atoms with van der Waals surface area (Å²) >= 11 is 0. The van der Waals surface area contributed by atoms with Crippen LogP contribution >= 0.6 is 0 Å². The maximum absolute atomic E-state index is 13.7. The van der Waals surface area contributed by atoms with Crippen molar-refractivity contribution in [1.29, 1.82) is 0 Å². The maximum Gasteiger partial charge on any atom is 0.225 e. The molecule has 0 aromatic carbocycles. The van der Waals surface area contributed by atoms with Gasteiger partial charge in [0.15, 0.2) is 19.9 Å². The number of amides is 2. The Bertz CT molecular complexity index is 1340. The van der Waals surface area contributed by atoms with E-state index in [2.05, 4.69) is 71.3 Å². The van der Waals surface area contributed by atoms with Gasteiger partial charge in [-0.2, -0.15) is 0 Å². The highest BCUT2D eigenvalue weighted by atomic mass is 28.4. The van der Waals surface area contributed by atoms with Crippen LogP contribution in [0.15, 0.2) is 23.8 Å². The van der Waals surface area contributed by atoms with E-state index < -0.39 is 32.2 Å². The standard InChI is InChI=1S/C46H82N2O8Si/c1-13-16-37(50)28-39-22-20-32(3)41(53-39)29-43(51)48-30-42(56-57(11,12)45(8,9)10)35(6)44(52)47-26-15-18-40-33(4)23-25-46(55-40)24-14-17-38(54-46)21-19-31(2)27-34(5)36(7)49/h13,16,27,31-33,35-36,38-42,49H,14-15,17-26,28-30H2,1-12H3,(H,47,52)(H,48,51)/b16-13+,34-27+/t31-,32+,33-,35+,36-,38-,39+,40+,41-,42+,46-/m0/s1. The van der Waals surface area contributed by atoms with Crippen LogP contribution in [0.25, 0.3) is 0 Å². The number of carbonyl (C=O) groups excluding carboxylic acids is 3. The Morgan fingerprint density at radius 2 is 1.63 bits per heavy atom. The van der Waals surface area contributed by atoms with E-state index in [1.54, 1.807) is 12.2 Å². The number of rotatable bonds is 20. The Balaban J connectivity index is 1.53. The second kappa shape index (κ2) is 22.6. The zero-order chi connectivity index (χ0) is 42.6. The predicted octanol–water partition coefficient (Wildman–Crippen LogP) is 8.96. The van der Waals surface area contributed by atoms with E-state index in [0.717, 1.165) is 76.2 Å². The molecule has 11 atom stereocenters. The summed E-state index contributed by atoms with van der Waals surface area (Å²) in [5.74, 6) is -0.138. The first-order chi connectivity index (χ1) is 26.6. The van der Waals surface area contributed by atoms with Crippen molar-refractivity contribution >= 4 is 25.9 Å². The van der Waals surface area contributed by atoms with Crippen molar-refractivity contribution in [2.75, 3.05) is 13.1 Å². The molecule has 1 spiro atoms. The molecule has 0 saturated carbocycles. The van der Waals surface area contributed by atoms with Crippen LogP contribution in [0.2, 0.25) is 18.1 Å². The summed E-state index contributed by atoms with van der Waals surface area (Å²) in [4.78, 5) is 39.2. The fourth-order valence-corrected chi connectivity index (χ4v) is 9.59. The fourth-order valence-electron chi connectivity index (χ4n) is 8.19. The summed E-state index contributed by atoms with van der Waals surface area (Å²) in [5.41, 5.74) is 1.02. The minimum Gasteiger partial charge on any atom is -0.411 e. The molecule has 0 radical (unpaired) electrons. The van der Waals surface area contributed by atoms with Gasteiger partial charge in [0, 0.05) is 32.4 Å². The zero-order valence-electron chi connectivity index (χ0n) is 37.9. The second-order valence-corrected chi connectivity index (χ2v) is 24.3. The molecule has 0 aromatic rings. The van der Waals surface area contributed by atoms with Crippen molar-refractivity contribution in [1.82, 2.24) is 10.6 Å². The normalized spacial score (nSPS) is 29.8. The van der Waals surface area contributed by atoms with Gasteiger partial charge in [-0.25, -0.2) is 0 Å². The molecule has 0 aliphatic carbocycles. The van der Waals surface area contributed by atoms with Crippen molar-refractivity contribution in [3.63, 3.8) is 0 Å². The van der Waals surface area contributed by atoms with Gasteiger partial charge in [-0.3, -0.25) is 14.4 Å². The van der Waals surface area contributed by atoms with Gasteiger partial charge in [-0.15, -0.1) is 0 Å². The minimum absolute atomic E-state index is 0.0432. The molecule has 328 valence electrons. The van der Waals surface area contributed by atoms with Crippen LogP contribution in [-0.4, -0.2) is 86.5 Å². The van der Waals surface area contributed by atoms with E-state index in [1.807, 2.05) is 27.7 Å². The zero-order valence-corrected chi connectivity index (χ0v) is 38.9. The van der Waals surface area contributed by atoms with Gasteiger partial charge in [0.2, 0.25) is 11.8 Å². The van der Waals surface area contributed by atoms with Crippen molar-refractivity contribution in [2.24, 2.45) is 23.7 Å². The summed E-state index contributed by atoms with van der Waals surface area (Å²) < 4.78 is 26.6. The van der Waals surface area contributed by atoms with Crippen LogP contribution in [0.4, 0.5) is 0 Å². The first kappa shape index (κ1) is 49.5. The van der Waals surface area contributed by atoms with Crippen LogP contribution in [-0.2, 0) is 33.0 Å². The van der Waals surface area contributed by atoms with Crippen molar-refractivity contribution in [3.8, 4) is 0 Å². The molecular formula is C46H82N2O8Si. The molecule has 3 N–H and O–H groups in total. The topological polar surface area (TPSA) is 132 Å². The summed E-state index contributed by atoms with van der Waals surface area (Å²) in [6, 6.07) is 0. The average molecular weight is 819 g/mol. The average Bonchev–Trinajstić information content (AvgIpc) is 3.13. The molecular weight excluding hydrogens is 737 g/mol. The van der Waals surface area contributed by atoms with Crippen LogP contribution in [0.3, 0.4) is 0 Å². The van der Waals surface area contributed by atoms with Gasteiger partial charge >= 0.3 is 0 Å². The third-order valence-electron chi connectivity index (χ3n) is 13.4. The van der Waals surface area contributed by atoms with E-state index >= 15 is 0 Å². The number of aliphatic hydroxyl groups excluding tert-OH is 1. The van der Waals surface area contributed by atoms with Gasteiger partial charge in [-0.1, -0.05) is 60.6 Å². The Kier molecular flexibility index (Phi) is 19.6. The lowest BCUT2D eigenvalue weighted by Gasteiger charge is -2.48. The number of carbonyl (C=O) groups is 3. The molecule has 2 amide bonds. The van der Waals surface area contributed by atoms with E-state index in [4.69, 9.17) is 18.6 Å². The lowest BCUT2D eigenvalue weighted by atomic mass is 9.85. The first-order valence-corrected chi connectivity index (χ1v) is 25.3. The van der Waals surface area contributed by atoms with E-state index in [9.17, 15) is 19.5 Å². The van der Waals surface area contributed by atoms with Gasteiger partial charge < -0.3 is 34.4 Å². The van der Waals surface area contributed by atoms with Gasteiger partial charge in [0.25, 0.3) is 0 Å². The van der Waals surface area contributed by atoms with Crippen molar-refractivity contribution in [3.05, 3.63) is 23.8 Å². The maximum atomic E-state index is 13.7. The van der Waals surface area contributed by atoms with Crippen molar-refractivity contribution in [2.45, 2.75) is 213 Å². The largest absolute Gasteiger partial charge is 0.411 e. The number of allylic oxidation sites excluding steroid dienone is 3. The molecule has 3 heterocycles. The highest BCUT2D eigenvalue weighted by Gasteiger charge is 2.45. The molecule has 0 unspecified atom stereocenters. The molecule has 3 saturated heterocycles. The summed E-state index contributed by atoms with van der Waals surface area (Å²) in [5, 5.41) is 16.1. The van der Waals surface area contributed by atoms with Crippen LogP contribution in [0.5, 0.6) is 0 Å². The number of aliphatic hydroxyl groups is 1. The third-order valence-corrected chi connectivity index (χ3v) is 17.9. The lowest BCUT2D eigenvalue weighted by molar-refractivity contribution is -0.324. The summed E-state index contributed by atoms with van der Waals surface area (Å²) in [6.07, 6.45) is 15.4. The number of hydrogen-bond acceptors (Lipinski definition) is 8. The molecule has 3 aliphatic rings. The molecule has 0 bridgehead atoms. The Morgan fingerprint density at radius 3 is 2.30 bits per heavy atom. The van der Waals surface area contributed by atoms with E-state index in [0.29, 0.717) is 24.8 Å². The summed E-state index contributed by atoms with van der Waals surface area (Å²) in [7, 11) is -2.28. The van der Waals surface area contributed by atoms with Crippen molar-refractivity contribution < 1.29 is 38.1 Å². The van der Waals surface area contributed by atoms with Gasteiger partial charge in [0.05, 0.1) is 49.0 Å². The number of hydrogen-bond donors (Lipinski definition) is 3. The molecule has 3 fully saturated rings. The Labute approximate surface area is 347 Å². The molecule has 3 aliphatic heterocycles. The fraction of sp³-hybridized carbons (Fsp3) is 0.848. The highest BCUT2D eigenvalue weighted by molar-refractivity contribution is 6.74. The molecule has 0 aromatic heterocycles. The molecule has 10 nitrogen and oxygen atoms in total. The smallest absolute Gasteiger partial charge is 0.225 e. The highest BCUT2D eigenvalue weighted by Crippen LogP contribution is 2.43. The number of ether oxygens (including phenoxy) is 3. The van der Waals surface area contributed by atoms with E-state index in [1.165, 1.54) is 0 Å². The SMILES string of the molecule is C/C=C/C(=O)C[C@H]1CC[C@@H](C)[C@H](CC(=O)NC[C@@H](O[Si](C)(C)C(C)(C)C)[C@@H](C)C(=O)NCCC[C@H]2O[C@@]3(CCC[C@@H](CC[C@H](C)/C=C(\C)[C@H](C)O)O3)CC[C@@H]2C)O1. The first-order valence-electron chi connectivity index (χ1n) is 22.4.